The van der Waals surface area contributed by atoms with Crippen molar-refractivity contribution in [3.63, 3.8) is 0 Å². The van der Waals surface area contributed by atoms with Crippen molar-refractivity contribution in [1.29, 1.82) is 0 Å². The lowest BCUT2D eigenvalue weighted by atomic mass is 9.62. The third kappa shape index (κ3) is 3.29. The minimum Gasteiger partial charge on any atom is -0.457 e. The average Bonchev–Trinajstić information content (AvgIpc) is 3.11. The maximum Gasteiger partial charge on any atom is 0.132 e. The Bertz CT molecular complexity index is 2370. The summed E-state index contributed by atoms with van der Waals surface area (Å²) in [4.78, 5) is 0. The largest absolute Gasteiger partial charge is 0.457 e. The highest BCUT2D eigenvalue weighted by Gasteiger charge is 2.50. The fourth-order valence-electron chi connectivity index (χ4n) is 7.88. The van der Waals surface area contributed by atoms with Crippen molar-refractivity contribution in [1.82, 2.24) is 0 Å². The van der Waals surface area contributed by atoms with E-state index in [0.717, 1.165) is 50.8 Å². The highest BCUT2D eigenvalue weighted by Crippen LogP contribution is 2.61. The highest BCUT2D eigenvalue weighted by molar-refractivity contribution is 6.25. The summed E-state index contributed by atoms with van der Waals surface area (Å²) >= 11 is 0. The normalized spacial score (nSPS) is 13.9. The molecule has 0 radical (unpaired) electrons. The van der Waals surface area contributed by atoms with Gasteiger partial charge < -0.3 is 9.47 Å². The summed E-state index contributed by atoms with van der Waals surface area (Å²) in [5.41, 5.74) is 6.19. The maximum absolute atomic E-state index is 6.66. The zero-order valence-corrected chi connectivity index (χ0v) is 24.3. The second-order valence-corrected chi connectivity index (χ2v) is 12.0. The monoisotopic (exact) mass is 574 g/mol. The molecule has 8 aromatic rings. The lowest BCUT2D eigenvalue weighted by Crippen LogP contribution is -2.36. The van der Waals surface area contributed by atoms with Crippen LogP contribution in [0.2, 0.25) is 0 Å². The number of para-hydroxylation sites is 3. The quantitative estimate of drug-likeness (QED) is 0.182. The van der Waals surface area contributed by atoms with Crippen molar-refractivity contribution in [3.8, 4) is 34.1 Å². The number of hydrogen-bond donors (Lipinski definition) is 0. The summed E-state index contributed by atoms with van der Waals surface area (Å²) in [6.07, 6.45) is 0. The van der Waals surface area contributed by atoms with Gasteiger partial charge in [0.2, 0.25) is 0 Å². The Kier molecular flexibility index (Phi) is 4.95. The summed E-state index contributed by atoms with van der Waals surface area (Å²) in [6, 6.07) is 56.4. The topological polar surface area (TPSA) is 18.5 Å². The molecule has 2 aliphatic rings. The molecule has 0 saturated carbocycles. The van der Waals surface area contributed by atoms with Crippen molar-refractivity contribution < 1.29 is 9.47 Å². The lowest BCUT2D eigenvalue weighted by molar-refractivity contribution is 0.399. The molecule has 2 heterocycles. The third-order valence-corrected chi connectivity index (χ3v) is 9.77. The van der Waals surface area contributed by atoms with Crippen LogP contribution in [-0.2, 0) is 5.41 Å². The molecule has 0 aliphatic carbocycles. The van der Waals surface area contributed by atoms with Crippen molar-refractivity contribution in [2.24, 2.45) is 0 Å². The van der Waals surface area contributed by atoms with E-state index in [1.807, 2.05) is 18.2 Å². The minimum atomic E-state index is -0.606. The Morgan fingerprint density at radius 2 is 0.667 bits per heavy atom. The first kappa shape index (κ1) is 24.6. The molecule has 0 atom stereocenters. The number of ether oxygens (including phenoxy) is 2. The molecule has 0 amide bonds. The molecule has 2 aliphatic heterocycles. The number of rotatable bonds is 1. The molecule has 0 fully saturated rings. The van der Waals surface area contributed by atoms with Crippen molar-refractivity contribution in [2.75, 3.05) is 0 Å². The summed E-state index contributed by atoms with van der Waals surface area (Å²) in [5.74, 6) is 3.47. The van der Waals surface area contributed by atoms with Crippen molar-refractivity contribution >= 4 is 32.3 Å². The fraction of sp³-hybridized carbons (Fsp3) is 0.0233. The van der Waals surface area contributed by atoms with Crippen LogP contribution >= 0.6 is 0 Å². The number of hydrogen-bond acceptors (Lipinski definition) is 2. The van der Waals surface area contributed by atoms with Gasteiger partial charge in [-0.1, -0.05) is 121 Å². The Labute approximate surface area is 260 Å². The summed E-state index contributed by atoms with van der Waals surface area (Å²) in [5, 5.41) is 7.65. The Hall–Kier alpha value is -5.86. The van der Waals surface area contributed by atoms with E-state index in [1.165, 1.54) is 37.9 Å². The van der Waals surface area contributed by atoms with E-state index in [9.17, 15) is 0 Å². The van der Waals surface area contributed by atoms with Crippen molar-refractivity contribution in [3.05, 3.63) is 180 Å². The molecule has 2 heteroatoms. The molecule has 8 aromatic carbocycles. The van der Waals surface area contributed by atoms with Gasteiger partial charge in [-0.25, -0.2) is 0 Å². The Balaban J connectivity index is 1.28. The fourth-order valence-corrected chi connectivity index (χ4v) is 7.88. The van der Waals surface area contributed by atoms with Gasteiger partial charge in [-0.2, -0.15) is 0 Å². The maximum atomic E-state index is 6.66. The molecule has 210 valence electrons. The SMILES string of the molecule is c1ccc2c(c1)Oc1ccccc1C21c2ccccc2Oc2ccc(-c3ccc4c5ccccc5c5ccccc5c4c3)cc21. The van der Waals surface area contributed by atoms with Crippen LogP contribution in [0.4, 0.5) is 0 Å². The first-order valence-electron chi connectivity index (χ1n) is 15.4. The second-order valence-electron chi connectivity index (χ2n) is 12.0. The van der Waals surface area contributed by atoms with E-state index in [-0.39, 0.29) is 0 Å². The molecule has 0 N–H and O–H groups in total. The van der Waals surface area contributed by atoms with Gasteiger partial charge in [-0.3, -0.25) is 0 Å². The standard InChI is InChI=1S/C43H26O2/c1-2-13-31-29(11-1)30-12-3-4-14-32(30)34-25-27(21-23-33(31)34)28-22-24-42-38(26-28)43(37-17-7-10-20-41(37)45-42)35-15-5-8-18-39(35)44-40-19-9-6-16-36(40)43/h1-26H. The first-order chi connectivity index (χ1) is 22.3. The molecular weight excluding hydrogens is 548 g/mol. The molecule has 0 saturated heterocycles. The molecule has 0 aromatic heterocycles. The summed E-state index contributed by atoms with van der Waals surface area (Å²) in [7, 11) is 0. The van der Waals surface area contributed by atoms with Crippen LogP contribution < -0.4 is 9.47 Å². The predicted octanol–water partition coefficient (Wildman–Crippen LogP) is 11.4. The van der Waals surface area contributed by atoms with Crippen LogP contribution in [0.1, 0.15) is 22.3 Å². The Morgan fingerprint density at radius 1 is 0.289 bits per heavy atom. The van der Waals surface area contributed by atoms with E-state index in [0.29, 0.717) is 0 Å². The van der Waals surface area contributed by atoms with Gasteiger partial charge in [0.25, 0.3) is 0 Å². The Morgan fingerprint density at radius 3 is 1.20 bits per heavy atom. The molecule has 0 unspecified atom stereocenters. The van der Waals surface area contributed by atoms with E-state index < -0.39 is 5.41 Å². The highest BCUT2D eigenvalue weighted by atomic mass is 16.5. The van der Waals surface area contributed by atoms with E-state index >= 15 is 0 Å². The molecule has 1 spiro atoms. The first-order valence-corrected chi connectivity index (χ1v) is 15.4. The van der Waals surface area contributed by atoms with Gasteiger partial charge in [0.15, 0.2) is 0 Å². The van der Waals surface area contributed by atoms with Gasteiger partial charge in [-0.15, -0.1) is 0 Å². The summed E-state index contributed by atoms with van der Waals surface area (Å²) < 4.78 is 13.2. The van der Waals surface area contributed by atoms with Gasteiger partial charge >= 0.3 is 0 Å². The smallest absolute Gasteiger partial charge is 0.132 e. The lowest BCUT2D eigenvalue weighted by Gasteiger charge is -2.44. The van der Waals surface area contributed by atoms with E-state index in [2.05, 4.69) is 140 Å². The molecule has 10 rings (SSSR count). The molecule has 2 nitrogen and oxygen atoms in total. The second kappa shape index (κ2) is 9.07. The van der Waals surface area contributed by atoms with Gasteiger partial charge in [0.05, 0.1) is 5.41 Å². The minimum absolute atomic E-state index is 0.606. The average molecular weight is 575 g/mol. The van der Waals surface area contributed by atoms with Gasteiger partial charge in [0.1, 0.15) is 23.0 Å². The summed E-state index contributed by atoms with van der Waals surface area (Å²) in [6.45, 7) is 0. The number of benzene rings is 8. The van der Waals surface area contributed by atoms with Crippen LogP contribution in [0.5, 0.6) is 23.0 Å². The van der Waals surface area contributed by atoms with Crippen molar-refractivity contribution in [2.45, 2.75) is 5.41 Å². The molecule has 0 bridgehead atoms. The van der Waals surface area contributed by atoms with Gasteiger partial charge in [-0.05, 0) is 79.8 Å². The molecular formula is C43H26O2. The van der Waals surface area contributed by atoms with Crippen LogP contribution in [0.3, 0.4) is 0 Å². The van der Waals surface area contributed by atoms with E-state index in [4.69, 9.17) is 9.47 Å². The van der Waals surface area contributed by atoms with Crippen LogP contribution in [0, 0.1) is 0 Å². The van der Waals surface area contributed by atoms with E-state index in [1.54, 1.807) is 0 Å². The van der Waals surface area contributed by atoms with Crippen LogP contribution in [0.15, 0.2) is 158 Å². The zero-order valence-electron chi connectivity index (χ0n) is 24.3. The predicted molar refractivity (Wildman–Crippen MR) is 183 cm³/mol. The molecule has 45 heavy (non-hydrogen) atoms. The zero-order chi connectivity index (χ0) is 29.5. The van der Waals surface area contributed by atoms with Crippen LogP contribution in [0.25, 0.3) is 43.4 Å². The van der Waals surface area contributed by atoms with Gasteiger partial charge in [0, 0.05) is 22.3 Å². The third-order valence-electron chi connectivity index (χ3n) is 9.77. The van der Waals surface area contributed by atoms with Crippen LogP contribution in [-0.4, -0.2) is 0 Å². The number of fused-ring (bicyclic) bond motifs is 14.